The molecule has 1 saturated heterocycles. The summed E-state index contributed by atoms with van der Waals surface area (Å²) in [5, 5.41) is 0. The zero-order valence-electron chi connectivity index (χ0n) is 19.7. The first-order valence-electron chi connectivity index (χ1n) is 12.0. The monoisotopic (exact) mass is 439 g/mol. The lowest BCUT2D eigenvalue weighted by Gasteiger charge is -2.30. The fourth-order valence-corrected chi connectivity index (χ4v) is 4.63. The molecule has 0 N–H and O–H groups in total. The number of benzene rings is 2. The van der Waals surface area contributed by atoms with Crippen molar-refractivity contribution in [2.75, 3.05) is 26.2 Å². The first-order valence-corrected chi connectivity index (χ1v) is 12.0. The SMILES string of the molecule is CCN(CC)C(=O)c1ccc(C(=C2CCN(Cc3ccncc3)CC2)c2ccccc2)cc1. The normalized spacial score (nSPS) is 14.2. The predicted molar refractivity (Wildman–Crippen MR) is 135 cm³/mol. The van der Waals surface area contributed by atoms with Crippen molar-refractivity contribution in [3.63, 3.8) is 0 Å². The van der Waals surface area contributed by atoms with E-state index in [4.69, 9.17) is 0 Å². The van der Waals surface area contributed by atoms with Gasteiger partial charge in [-0.2, -0.15) is 0 Å². The van der Waals surface area contributed by atoms with Gasteiger partial charge in [0.1, 0.15) is 0 Å². The van der Waals surface area contributed by atoms with Gasteiger partial charge in [-0.1, -0.05) is 48.0 Å². The maximum Gasteiger partial charge on any atom is 0.253 e. The molecule has 0 saturated carbocycles. The minimum absolute atomic E-state index is 0.102. The highest BCUT2D eigenvalue weighted by Crippen LogP contribution is 2.33. The molecule has 1 aromatic heterocycles. The van der Waals surface area contributed by atoms with Crippen LogP contribution in [-0.4, -0.2) is 46.9 Å². The molecule has 1 fully saturated rings. The van der Waals surface area contributed by atoms with E-state index in [2.05, 4.69) is 64.5 Å². The summed E-state index contributed by atoms with van der Waals surface area (Å²) in [6, 6.07) is 23.1. The molecule has 2 heterocycles. The van der Waals surface area contributed by atoms with Crippen molar-refractivity contribution < 1.29 is 4.79 Å². The van der Waals surface area contributed by atoms with E-state index in [9.17, 15) is 4.79 Å². The summed E-state index contributed by atoms with van der Waals surface area (Å²) in [5.41, 5.74) is 7.32. The average Bonchev–Trinajstić information content (AvgIpc) is 2.88. The van der Waals surface area contributed by atoms with Crippen molar-refractivity contribution in [1.82, 2.24) is 14.8 Å². The van der Waals surface area contributed by atoms with Gasteiger partial charge in [-0.25, -0.2) is 0 Å². The molecule has 0 spiro atoms. The Morgan fingerprint density at radius 2 is 1.39 bits per heavy atom. The Kier molecular flexibility index (Phi) is 7.69. The zero-order valence-corrected chi connectivity index (χ0v) is 19.7. The van der Waals surface area contributed by atoms with Crippen molar-refractivity contribution in [3.8, 4) is 0 Å². The van der Waals surface area contributed by atoms with Crippen LogP contribution in [0.15, 0.2) is 84.7 Å². The lowest BCUT2D eigenvalue weighted by atomic mass is 9.88. The number of carbonyl (C=O) groups is 1. The third kappa shape index (κ3) is 5.58. The van der Waals surface area contributed by atoms with Crippen molar-refractivity contribution in [2.24, 2.45) is 0 Å². The maximum atomic E-state index is 12.8. The van der Waals surface area contributed by atoms with Crippen LogP contribution in [-0.2, 0) is 6.54 Å². The van der Waals surface area contributed by atoms with E-state index in [1.165, 1.54) is 27.8 Å². The van der Waals surface area contributed by atoms with Gasteiger partial charge in [0, 0.05) is 50.7 Å². The van der Waals surface area contributed by atoms with Crippen LogP contribution in [0.4, 0.5) is 0 Å². The van der Waals surface area contributed by atoms with Crippen LogP contribution < -0.4 is 0 Å². The van der Waals surface area contributed by atoms with Gasteiger partial charge in [-0.3, -0.25) is 14.7 Å². The first-order chi connectivity index (χ1) is 16.2. The third-order valence-electron chi connectivity index (χ3n) is 6.50. The molecule has 4 rings (SSSR count). The number of piperidine rings is 1. The summed E-state index contributed by atoms with van der Waals surface area (Å²) in [6.07, 6.45) is 5.84. The summed E-state index contributed by atoms with van der Waals surface area (Å²) >= 11 is 0. The van der Waals surface area contributed by atoms with E-state index in [1.54, 1.807) is 0 Å². The van der Waals surface area contributed by atoms with E-state index in [0.717, 1.165) is 51.1 Å². The third-order valence-corrected chi connectivity index (χ3v) is 6.50. The molecule has 4 nitrogen and oxygen atoms in total. The molecular weight excluding hydrogens is 406 g/mol. The van der Waals surface area contributed by atoms with Crippen LogP contribution in [0.25, 0.3) is 5.57 Å². The topological polar surface area (TPSA) is 36.4 Å². The Morgan fingerprint density at radius 1 is 0.818 bits per heavy atom. The average molecular weight is 440 g/mol. The van der Waals surface area contributed by atoms with E-state index in [0.29, 0.717) is 0 Å². The van der Waals surface area contributed by atoms with Gasteiger partial charge in [-0.15, -0.1) is 0 Å². The second-order valence-corrected chi connectivity index (χ2v) is 8.53. The van der Waals surface area contributed by atoms with Crippen molar-refractivity contribution in [3.05, 3.63) is 107 Å². The van der Waals surface area contributed by atoms with Crippen molar-refractivity contribution >= 4 is 11.5 Å². The minimum atomic E-state index is 0.102. The van der Waals surface area contributed by atoms with Crippen LogP contribution in [0.3, 0.4) is 0 Å². The highest BCUT2D eigenvalue weighted by Gasteiger charge is 2.20. The van der Waals surface area contributed by atoms with Gasteiger partial charge in [0.2, 0.25) is 0 Å². The molecule has 0 atom stereocenters. The Labute approximate surface area is 197 Å². The molecular formula is C29H33N3O. The Bertz CT molecular complexity index is 1060. The Hall–Kier alpha value is -3.24. The number of hydrogen-bond donors (Lipinski definition) is 0. The summed E-state index contributed by atoms with van der Waals surface area (Å²) in [6.45, 7) is 8.57. The van der Waals surface area contributed by atoms with E-state index in [-0.39, 0.29) is 5.91 Å². The summed E-state index contributed by atoms with van der Waals surface area (Å²) in [7, 11) is 0. The van der Waals surface area contributed by atoms with Gasteiger partial charge in [-0.05, 0) is 73.2 Å². The smallest absolute Gasteiger partial charge is 0.253 e. The van der Waals surface area contributed by atoms with E-state index >= 15 is 0 Å². The summed E-state index contributed by atoms with van der Waals surface area (Å²) in [5.74, 6) is 0.102. The number of pyridine rings is 1. The van der Waals surface area contributed by atoms with E-state index in [1.807, 2.05) is 43.3 Å². The Morgan fingerprint density at radius 3 is 2.00 bits per heavy atom. The summed E-state index contributed by atoms with van der Waals surface area (Å²) < 4.78 is 0. The molecule has 33 heavy (non-hydrogen) atoms. The van der Waals surface area contributed by atoms with E-state index < -0.39 is 0 Å². The predicted octanol–water partition coefficient (Wildman–Crippen LogP) is 5.66. The largest absolute Gasteiger partial charge is 0.339 e. The number of rotatable bonds is 7. The molecule has 0 unspecified atom stereocenters. The highest BCUT2D eigenvalue weighted by atomic mass is 16.2. The standard InChI is InChI=1S/C29H33N3O/c1-3-32(4-2)29(33)27-12-10-25(11-13-27)28(24-8-6-5-7-9-24)26-16-20-31(21-17-26)22-23-14-18-30-19-15-23/h5-15,18-19H,3-4,16-17,20-22H2,1-2H3. The number of hydrogen-bond acceptors (Lipinski definition) is 3. The quantitative estimate of drug-likeness (QED) is 0.476. The fraction of sp³-hybridized carbons (Fsp3) is 0.310. The van der Waals surface area contributed by atoms with Gasteiger partial charge in [0.25, 0.3) is 5.91 Å². The van der Waals surface area contributed by atoms with Gasteiger partial charge in [0.15, 0.2) is 0 Å². The van der Waals surface area contributed by atoms with Crippen LogP contribution in [0.2, 0.25) is 0 Å². The number of nitrogens with zero attached hydrogens (tertiary/aromatic N) is 3. The van der Waals surface area contributed by atoms with Crippen LogP contribution in [0.1, 0.15) is 53.7 Å². The molecule has 1 aliphatic heterocycles. The molecule has 0 aliphatic carbocycles. The molecule has 0 bridgehead atoms. The number of carbonyl (C=O) groups excluding carboxylic acids is 1. The Balaban J connectivity index is 1.58. The zero-order chi connectivity index (χ0) is 23.0. The summed E-state index contributed by atoms with van der Waals surface area (Å²) in [4.78, 5) is 21.3. The second kappa shape index (κ2) is 11.1. The van der Waals surface area contributed by atoms with Crippen LogP contribution in [0, 0.1) is 0 Å². The molecule has 4 heteroatoms. The second-order valence-electron chi connectivity index (χ2n) is 8.53. The maximum absolute atomic E-state index is 12.8. The number of likely N-dealkylation sites (tertiary alicyclic amines) is 1. The molecule has 3 aromatic rings. The molecule has 1 aliphatic rings. The van der Waals surface area contributed by atoms with Gasteiger partial charge < -0.3 is 4.90 Å². The first kappa shape index (κ1) is 22.9. The lowest BCUT2D eigenvalue weighted by Crippen LogP contribution is -2.30. The number of aromatic nitrogens is 1. The minimum Gasteiger partial charge on any atom is -0.339 e. The van der Waals surface area contributed by atoms with Crippen molar-refractivity contribution in [2.45, 2.75) is 33.2 Å². The highest BCUT2D eigenvalue weighted by molar-refractivity contribution is 5.95. The molecule has 0 radical (unpaired) electrons. The lowest BCUT2D eigenvalue weighted by molar-refractivity contribution is 0.0773. The molecule has 170 valence electrons. The van der Waals surface area contributed by atoms with Crippen molar-refractivity contribution in [1.29, 1.82) is 0 Å². The van der Waals surface area contributed by atoms with Crippen LogP contribution in [0.5, 0.6) is 0 Å². The van der Waals surface area contributed by atoms with Gasteiger partial charge in [0.05, 0.1) is 0 Å². The molecule has 1 amide bonds. The fourth-order valence-electron chi connectivity index (χ4n) is 4.63. The van der Waals surface area contributed by atoms with Gasteiger partial charge >= 0.3 is 0 Å². The van der Waals surface area contributed by atoms with Crippen LogP contribution >= 0.6 is 0 Å². The number of amides is 1. The molecule has 2 aromatic carbocycles.